The molecule has 4 atom stereocenters. The third-order valence-corrected chi connectivity index (χ3v) is 4.54. The van der Waals surface area contributed by atoms with Crippen molar-refractivity contribution >= 4 is 16.7 Å². The molecule has 1 heterocycles. The Morgan fingerprint density at radius 3 is 2.47 bits per heavy atom. The summed E-state index contributed by atoms with van der Waals surface area (Å²) in [5.41, 5.74) is 0. The van der Waals surface area contributed by atoms with Gasteiger partial charge in [-0.15, -0.1) is 0 Å². The summed E-state index contributed by atoms with van der Waals surface area (Å²) in [7, 11) is -0.790. The SMILES string of the molecule is CCCC1NC(C(C)C)N(C(C)CCS(C)=O)C1=O. The lowest BCUT2D eigenvalue weighted by Gasteiger charge is -2.32. The van der Waals surface area contributed by atoms with Gasteiger partial charge in [-0.2, -0.15) is 0 Å². The number of carbonyl (C=O) groups excluding carboxylic acids is 1. The summed E-state index contributed by atoms with van der Waals surface area (Å²) in [5.74, 6) is 1.27. The van der Waals surface area contributed by atoms with Crippen LogP contribution in [0.15, 0.2) is 0 Å². The van der Waals surface area contributed by atoms with Gasteiger partial charge in [0.05, 0.1) is 12.2 Å². The van der Waals surface area contributed by atoms with Gasteiger partial charge in [-0.25, -0.2) is 0 Å². The van der Waals surface area contributed by atoms with E-state index >= 15 is 0 Å². The van der Waals surface area contributed by atoms with Gasteiger partial charge in [-0.3, -0.25) is 14.3 Å². The van der Waals surface area contributed by atoms with Crippen LogP contribution in [-0.4, -0.2) is 45.3 Å². The molecule has 0 radical (unpaired) electrons. The lowest BCUT2D eigenvalue weighted by molar-refractivity contribution is -0.132. The number of hydrogen-bond acceptors (Lipinski definition) is 3. The van der Waals surface area contributed by atoms with Crippen LogP contribution < -0.4 is 5.32 Å². The summed E-state index contributed by atoms with van der Waals surface area (Å²) in [5, 5.41) is 3.46. The van der Waals surface area contributed by atoms with Crippen LogP contribution in [0.5, 0.6) is 0 Å². The Balaban J connectivity index is 2.75. The molecule has 4 unspecified atom stereocenters. The van der Waals surface area contributed by atoms with Gasteiger partial charge in [-0.1, -0.05) is 27.2 Å². The van der Waals surface area contributed by atoms with Crippen molar-refractivity contribution in [1.82, 2.24) is 10.2 Å². The van der Waals surface area contributed by atoms with E-state index in [1.165, 1.54) is 0 Å². The molecule has 1 aliphatic rings. The monoisotopic (exact) mass is 288 g/mol. The van der Waals surface area contributed by atoms with Crippen LogP contribution in [0.4, 0.5) is 0 Å². The molecule has 112 valence electrons. The van der Waals surface area contributed by atoms with Crippen LogP contribution in [0.3, 0.4) is 0 Å². The zero-order chi connectivity index (χ0) is 14.6. The molecule has 1 aliphatic heterocycles. The molecule has 0 aromatic rings. The minimum absolute atomic E-state index is 0.0352. The summed E-state index contributed by atoms with van der Waals surface area (Å²) in [6, 6.07) is 0.116. The van der Waals surface area contributed by atoms with E-state index in [-0.39, 0.29) is 24.2 Å². The molecule has 0 bridgehead atoms. The number of nitrogens with zero attached hydrogens (tertiary/aromatic N) is 1. The topological polar surface area (TPSA) is 49.4 Å². The fraction of sp³-hybridized carbons (Fsp3) is 0.929. The predicted octanol–water partition coefficient (Wildman–Crippen LogP) is 1.73. The second-order valence-corrected chi connectivity index (χ2v) is 7.41. The lowest BCUT2D eigenvalue weighted by atomic mass is 10.1. The van der Waals surface area contributed by atoms with Crippen molar-refractivity contribution in [2.45, 2.75) is 65.2 Å². The van der Waals surface area contributed by atoms with Gasteiger partial charge >= 0.3 is 0 Å². The normalized spacial score (nSPS) is 27.1. The summed E-state index contributed by atoms with van der Waals surface area (Å²) in [6.07, 6.45) is 4.54. The number of nitrogens with one attached hydrogen (secondary N) is 1. The summed E-state index contributed by atoms with van der Waals surface area (Å²) < 4.78 is 11.2. The van der Waals surface area contributed by atoms with Crippen LogP contribution in [0.2, 0.25) is 0 Å². The number of amides is 1. The molecule has 5 heteroatoms. The first-order chi connectivity index (χ1) is 8.88. The van der Waals surface area contributed by atoms with Crippen LogP contribution >= 0.6 is 0 Å². The Bertz CT molecular complexity index is 333. The van der Waals surface area contributed by atoms with Crippen LogP contribution in [0.1, 0.15) is 47.0 Å². The van der Waals surface area contributed by atoms with E-state index in [9.17, 15) is 9.00 Å². The molecule has 19 heavy (non-hydrogen) atoms. The molecule has 1 N–H and O–H groups in total. The standard InChI is InChI=1S/C14H28N2O2S/c1-6-7-12-14(17)16(13(15-12)10(2)3)11(4)8-9-19(5)18/h10-13,15H,6-9H2,1-5H3. The molecule has 0 aromatic heterocycles. The van der Waals surface area contributed by atoms with E-state index in [4.69, 9.17) is 0 Å². The molecule has 1 amide bonds. The minimum Gasteiger partial charge on any atom is -0.323 e. The summed E-state index contributed by atoms with van der Waals surface area (Å²) in [6.45, 7) is 8.44. The zero-order valence-electron chi connectivity index (χ0n) is 12.8. The van der Waals surface area contributed by atoms with E-state index in [0.717, 1.165) is 19.3 Å². The highest BCUT2D eigenvalue weighted by Crippen LogP contribution is 2.23. The van der Waals surface area contributed by atoms with Gasteiger partial charge < -0.3 is 4.90 Å². The zero-order valence-corrected chi connectivity index (χ0v) is 13.6. The number of hydrogen-bond donors (Lipinski definition) is 1. The van der Waals surface area contributed by atoms with E-state index in [1.54, 1.807) is 6.26 Å². The average Bonchev–Trinajstić information content (AvgIpc) is 2.65. The minimum atomic E-state index is -0.790. The summed E-state index contributed by atoms with van der Waals surface area (Å²) in [4.78, 5) is 14.5. The molecular formula is C14H28N2O2S. The van der Waals surface area contributed by atoms with Gasteiger partial charge in [0.2, 0.25) is 5.91 Å². The number of rotatable bonds is 7. The van der Waals surface area contributed by atoms with Crippen molar-refractivity contribution in [2.75, 3.05) is 12.0 Å². The molecule has 1 saturated heterocycles. The van der Waals surface area contributed by atoms with E-state index in [2.05, 4.69) is 33.0 Å². The van der Waals surface area contributed by atoms with Crippen LogP contribution in [0, 0.1) is 5.92 Å². The Morgan fingerprint density at radius 2 is 2.00 bits per heavy atom. The molecule has 1 fully saturated rings. The third-order valence-electron chi connectivity index (χ3n) is 3.73. The van der Waals surface area contributed by atoms with Crippen molar-refractivity contribution in [2.24, 2.45) is 5.92 Å². The first-order valence-corrected chi connectivity index (χ1v) is 8.99. The fourth-order valence-electron chi connectivity index (χ4n) is 2.65. The highest BCUT2D eigenvalue weighted by atomic mass is 32.2. The third kappa shape index (κ3) is 4.28. The van der Waals surface area contributed by atoms with Gasteiger partial charge in [-0.05, 0) is 25.7 Å². The van der Waals surface area contributed by atoms with E-state index in [1.807, 2.05) is 4.90 Å². The highest BCUT2D eigenvalue weighted by Gasteiger charge is 2.41. The maximum atomic E-state index is 12.5. The van der Waals surface area contributed by atoms with E-state index in [0.29, 0.717) is 11.7 Å². The van der Waals surface area contributed by atoms with Crippen molar-refractivity contribution in [3.8, 4) is 0 Å². The maximum Gasteiger partial charge on any atom is 0.241 e. The van der Waals surface area contributed by atoms with Crippen LogP contribution in [-0.2, 0) is 15.6 Å². The van der Waals surface area contributed by atoms with Gasteiger partial charge in [0.25, 0.3) is 0 Å². The van der Waals surface area contributed by atoms with Gasteiger partial charge in [0.15, 0.2) is 0 Å². The molecule has 0 spiro atoms. The first kappa shape index (κ1) is 16.6. The molecule has 0 saturated carbocycles. The molecule has 0 aliphatic carbocycles. The first-order valence-electron chi connectivity index (χ1n) is 7.26. The summed E-state index contributed by atoms with van der Waals surface area (Å²) >= 11 is 0. The predicted molar refractivity (Wildman–Crippen MR) is 80.3 cm³/mol. The molecule has 0 aromatic carbocycles. The Hall–Kier alpha value is -0.420. The van der Waals surface area contributed by atoms with Crippen molar-refractivity contribution < 1.29 is 9.00 Å². The molecular weight excluding hydrogens is 260 g/mol. The molecule has 4 nitrogen and oxygen atoms in total. The fourth-order valence-corrected chi connectivity index (χ4v) is 3.32. The quantitative estimate of drug-likeness (QED) is 0.776. The largest absolute Gasteiger partial charge is 0.323 e. The van der Waals surface area contributed by atoms with Crippen molar-refractivity contribution in [1.29, 1.82) is 0 Å². The van der Waals surface area contributed by atoms with Crippen molar-refractivity contribution in [3.63, 3.8) is 0 Å². The molecule has 1 rings (SSSR count). The maximum absolute atomic E-state index is 12.5. The van der Waals surface area contributed by atoms with E-state index < -0.39 is 10.8 Å². The average molecular weight is 288 g/mol. The van der Waals surface area contributed by atoms with Gasteiger partial charge in [0.1, 0.15) is 0 Å². The number of carbonyl (C=O) groups is 1. The van der Waals surface area contributed by atoms with Crippen molar-refractivity contribution in [3.05, 3.63) is 0 Å². The van der Waals surface area contributed by atoms with Gasteiger partial charge in [0, 0.05) is 28.9 Å². The Labute approximate surface area is 119 Å². The Kier molecular flexibility index (Phi) is 6.47. The second kappa shape index (κ2) is 7.39. The van der Waals surface area contributed by atoms with Crippen LogP contribution in [0.25, 0.3) is 0 Å². The smallest absolute Gasteiger partial charge is 0.241 e. The lowest BCUT2D eigenvalue weighted by Crippen LogP contribution is -2.46. The second-order valence-electron chi connectivity index (χ2n) is 5.86. The Morgan fingerprint density at radius 1 is 1.37 bits per heavy atom. The highest BCUT2D eigenvalue weighted by molar-refractivity contribution is 7.84.